The van der Waals surface area contributed by atoms with Crippen molar-refractivity contribution in [3.63, 3.8) is 0 Å². The zero-order valence-electron chi connectivity index (χ0n) is 16.0. The minimum absolute atomic E-state index is 0.225. The van der Waals surface area contributed by atoms with Gasteiger partial charge in [0.1, 0.15) is 17.5 Å². The summed E-state index contributed by atoms with van der Waals surface area (Å²) in [5.41, 5.74) is 1.70. The van der Waals surface area contributed by atoms with Gasteiger partial charge in [-0.1, -0.05) is 0 Å². The van der Waals surface area contributed by atoms with Crippen LogP contribution in [-0.4, -0.2) is 36.6 Å². The molecule has 1 aliphatic heterocycles. The van der Waals surface area contributed by atoms with Crippen LogP contribution in [0.3, 0.4) is 0 Å². The number of quaternary nitrogens is 1. The zero-order valence-corrected chi connectivity index (χ0v) is 16.0. The number of rotatable bonds is 5. The van der Waals surface area contributed by atoms with Crippen LogP contribution >= 0.6 is 0 Å². The second kappa shape index (κ2) is 8.86. The van der Waals surface area contributed by atoms with Crippen LogP contribution in [0, 0.1) is 0 Å². The number of carbonyl (C=O) groups is 2. The molecule has 2 amide bonds. The van der Waals surface area contributed by atoms with Gasteiger partial charge in [-0.2, -0.15) is 0 Å². The SMILES string of the molecule is COc1ccc([C@@H]2CCCCC[NH+]2CC(=O)NC(=O)c2cccn2C)cc1. The van der Waals surface area contributed by atoms with Crippen molar-refractivity contribution in [2.24, 2.45) is 7.05 Å². The Labute approximate surface area is 160 Å². The summed E-state index contributed by atoms with van der Waals surface area (Å²) in [6.07, 6.45) is 6.27. The van der Waals surface area contributed by atoms with Gasteiger partial charge >= 0.3 is 0 Å². The lowest BCUT2D eigenvalue weighted by atomic mass is 10.0. The maximum atomic E-state index is 12.5. The van der Waals surface area contributed by atoms with E-state index in [9.17, 15) is 9.59 Å². The number of ether oxygens (including phenoxy) is 1. The van der Waals surface area contributed by atoms with Gasteiger partial charge in [-0.25, -0.2) is 0 Å². The molecule has 1 aliphatic rings. The third-order valence-electron chi connectivity index (χ3n) is 5.32. The molecule has 0 bridgehead atoms. The number of nitrogens with one attached hydrogen (secondary N) is 2. The van der Waals surface area contributed by atoms with E-state index in [0.29, 0.717) is 12.2 Å². The Morgan fingerprint density at radius 2 is 1.96 bits per heavy atom. The smallest absolute Gasteiger partial charge is 0.282 e. The van der Waals surface area contributed by atoms with Crippen molar-refractivity contribution in [1.82, 2.24) is 9.88 Å². The fourth-order valence-corrected chi connectivity index (χ4v) is 3.84. The van der Waals surface area contributed by atoms with Gasteiger partial charge in [0.05, 0.1) is 13.7 Å². The van der Waals surface area contributed by atoms with Crippen LogP contribution in [0.25, 0.3) is 0 Å². The molecule has 3 rings (SSSR count). The summed E-state index contributed by atoms with van der Waals surface area (Å²) in [5.74, 6) is 0.263. The van der Waals surface area contributed by atoms with Crippen LogP contribution in [0.15, 0.2) is 42.6 Å². The fourth-order valence-electron chi connectivity index (χ4n) is 3.84. The van der Waals surface area contributed by atoms with Crippen molar-refractivity contribution in [2.75, 3.05) is 20.2 Å². The molecule has 2 aromatic rings. The number of aryl methyl sites for hydroxylation is 1. The van der Waals surface area contributed by atoms with E-state index in [-0.39, 0.29) is 17.9 Å². The van der Waals surface area contributed by atoms with Crippen molar-refractivity contribution in [1.29, 1.82) is 0 Å². The molecule has 0 aliphatic carbocycles. The standard InChI is InChI=1S/C21H27N3O3/c1-23-13-6-8-19(23)21(26)22-20(25)15-24-14-5-3-4-7-18(24)16-9-11-17(27-2)12-10-16/h6,8-13,18H,3-5,7,14-15H2,1-2H3,(H,22,25,26)/p+1/t18-/m0/s1. The molecule has 1 aromatic carbocycles. The van der Waals surface area contributed by atoms with E-state index in [1.807, 2.05) is 12.1 Å². The Balaban J connectivity index is 1.68. The van der Waals surface area contributed by atoms with Gasteiger partial charge in [-0.05, 0) is 55.7 Å². The lowest BCUT2D eigenvalue weighted by Gasteiger charge is -2.26. The minimum Gasteiger partial charge on any atom is -0.497 e. The first-order valence-electron chi connectivity index (χ1n) is 9.52. The lowest BCUT2D eigenvalue weighted by molar-refractivity contribution is -0.923. The molecule has 1 unspecified atom stereocenters. The number of nitrogens with zero attached hydrogens (tertiary/aromatic N) is 1. The molecule has 1 fully saturated rings. The average molecular weight is 370 g/mol. The van der Waals surface area contributed by atoms with Gasteiger partial charge in [0.25, 0.3) is 11.8 Å². The molecule has 2 N–H and O–H groups in total. The molecular formula is C21H28N3O3+. The number of likely N-dealkylation sites (tertiary alicyclic amines) is 1. The van der Waals surface area contributed by atoms with Gasteiger partial charge in [-0.3, -0.25) is 14.9 Å². The quantitative estimate of drug-likeness (QED) is 0.838. The highest BCUT2D eigenvalue weighted by atomic mass is 16.5. The van der Waals surface area contributed by atoms with E-state index in [2.05, 4.69) is 17.4 Å². The first-order chi connectivity index (χ1) is 13.1. The van der Waals surface area contributed by atoms with Gasteiger partial charge in [0.2, 0.25) is 0 Å². The van der Waals surface area contributed by atoms with E-state index in [1.54, 1.807) is 37.1 Å². The monoisotopic (exact) mass is 370 g/mol. The Kier molecular flexibility index (Phi) is 6.29. The topological polar surface area (TPSA) is 64.8 Å². The third kappa shape index (κ3) is 4.77. The molecule has 6 heteroatoms. The predicted molar refractivity (Wildman–Crippen MR) is 103 cm³/mol. The first kappa shape index (κ1) is 19.2. The normalized spacial score (nSPS) is 19.9. The number of aromatic nitrogens is 1. The van der Waals surface area contributed by atoms with Crippen LogP contribution in [0.1, 0.15) is 47.8 Å². The zero-order chi connectivity index (χ0) is 19.2. The van der Waals surface area contributed by atoms with E-state index in [0.717, 1.165) is 31.6 Å². The largest absolute Gasteiger partial charge is 0.497 e. The van der Waals surface area contributed by atoms with Gasteiger partial charge in [0.15, 0.2) is 6.54 Å². The Morgan fingerprint density at radius 3 is 2.63 bits per heavy atom. The van der Waals surface area contributed by atoms with Crippen LogP contribution < -0.4 is 15.0 Å². The lowest BCUT2D eigenvalue weighted by Crippen LogP contribution is -3.13. The van der Waals surface area contributed by atoms with Crippen LogP contribution in [-0.2, 0) is 11.8 Å². The second-order valence-corrected chi connectivity index (χ2v) is 7.14. The number of hydrogen-bond donors (Lipinski definition) is 2. The Bertz CT molecular complexity index is 782. The molecule has 0 spiro atoms. The van der Waals surface area contributed by atoms with Crippen molar-refractivity contribution < 1.29 is 19.2 Å². The molecule has 6 nitrogen and oxygen atoms in total. The molecule has 27 heavy (non-hydrogen) atoms. The highest BCUT2D eigenvalue weighted by molar-refractivity contribution is 6.04. The molecule has 1 saturated heterocycles. The highest BCUT2D eigenvalue weighted by Crippen LogP contribution is 2.22. The summed E-state index contributed by atoms with van der Waals surface area (Å²) in [4.78, 5) is 26.0. The number of benzene rings is 1. The predicted octanol–water partition coefficient (Wildman–Crippen LogP) is 1.49. The summed E-state index contributed by atoms with van der Waals surface area (Å²) in [5, 5.41) is 2.54. The van der Waals surface area contributed by atoms with Crippen LogP contribution in [0.4, 0.5) is 0 Å². The molecule has 144 valence electrons. The molecule has 0 saturated carbocycles. The van der Waals surface area contributed by atoms with Crippen LogP contribution in [0.2, 0.25) is 0 Å². The average Bonchev–Trinajstić information content (AvgIpc) is 2.97. The summed E-state index contributed by atoms with van der Waals surface area (Å²) in [6.45, 7) is 1.23. The number of methoxy groups -OCH3 is 1. The van der Waals surface area contributed by atoms with Gasteiger partial charge in [-0.15, -0.1) is 0 Å². The Hall–Kier alpha value is -2.60. The van der Waals surface area contributed by atoms with Crippen LogP contribution in [0.5, 0.6) is 5.75 Å². The van der Waals surface area contributed by atoms with Crippen molar-refractivity contribution in [2.45, 2.75) is 31.7 Å². The van der Waals surface area contributed by atoms with Gasteiger partial charge < -0.3 is 14.2 Å². The number of hydrogen-bond acceptors (Lipinski definition) is 3. The molecule has 1 aromatic heterocycles. The fraction of sp³-hybridized carbons (Fsp3) is 0.429. The maximum Gasteiger partial charge on any atom is 0.282 e. The van der Waals surface area contributed by atoms with E-state index < -0.39 is 0 Å². The minimum atomic E-state index is -0.345. The maximum absolute atomic E-state index is 12.5. The van der Waals surface area contributed by atoms with E-state index in [4.69, 9.17) is 4.74 Å². The van der Waals surface area contributed by atoms with Crippen molar-refractivity contribution in [3.8, 4) is 5.75 Å². The van der Waals surface area contributed by atoms with E-state index in [1.165, 1.54) is 16.9 Å². The number of imide groups is 1. The second-order valence-electron chi connectivity index (χ2n) is 7.14. The first-order valence-corrected chi connectivity index (χ1v) is 9.52. The summed E-state index contributed by atoms with van der Waals surface area (Å²) >= 11 is 0. The summed E-state index contributed by atoms with van der Waals surface area (Å²) < 4.78 is 6.96. The third-order valence-corrected chi connectivity index (χ3v) is 5.32. The highest BCUT2D eigenvalue weighted by Gasteiger charge is 2.29. The van der Waals surface area contributed by atoms with Crippen molar-refractivity contribution in [3.05, 3.63) is 53.9 Å². The molecule has 0 radical (unpaired) electrons. The van der Waals surface area contributed by atoms with Gasteiger partial charge in [0, 0.05) is 25.2 Å². The summed E-state index contributed by atoms with van der Waals surface area (Å²) in [6, 6.07) is 11.9. The molecule has 2 heterocycles. The van der Waals surface area contributed by atoms with Crippen molar-refractivity contribution >= 4 is 11.8 Å². The van der Waals surface area contributed by atoms with E-state index >= 15 is 0 Å². The Morgan fingerprint density at radius 1 is 1.19 bits per heavy atom. The summed E-state index contributed by atoms with van der Waals surface area (Å²) in [7, 11) is 3.45. The number of amides is 2. The number of carbonyl (C=O) groups excluding carboxylic acids is 2. The molecular weight excluding hydrogens is 342 g/mol. The molecule has 2 atom stereocenters.